The van der Waals surface area contributed by atoms with Crippen LogP contribution in [0, 0.1) is 16.0 Å². The molecule has 7 heteroatoms. The van der Waals surface area contributed by atoms with E-state index in [4.69, 9.17) is 5.73 Å². The standard InChI is InChI=1S/C11H15N3O3S/c12-7-8-3-5-13(6-4-8)11(15)9-1-2-10(18-9)14(16)17/h1-2,8H,3-7,12H2. The highest BCUT2D eigenvalue weighted by molar-refractivity contribution is 7.17. The maximum absolute atomic E-state index is 12.1. The lowest BCUT2D eigenvalue weighted by Gasteiger charge is -2.31. The molecule has 18 heavy (non-hydrogen) atoms. The van der Waals surface area contributed by atoms with E-state index in [2.05, 4.69) is 0 Å². The summed E-state index contributed by atoms with van der Waals surface area (Å²) in [7, 11) is 0. The molecule has 1 aliphatic rings. The minimum Gasteiger partial charge on any atom is -0.338 e. The summed E-state index contributed by atoms with van der Waals surface area (Å²) in [5.74, 6) is 0.385. The summed E-state index contributed by atoms with van der Waals surface area (Å²) in [6, 6.07) is 2.91. The number of amides is 1. The van der Waals surface area contributed by atoms with Crippen LogP contribution >= 0.6 is 11.3 Å². The van der Waals surface area contributed by atoms with Crippen molar-refractivity contribution in [2.24, 2.45) is 11.7 Å². The van der Waals surface area contributed by atoms with Gasteiger partial charge in [0.2, 0.25) is 0 Å². The van der Waals surface area contributed by atoms with Gasteiger partial charge >= 0.3 is 5.00 Å². The number of nitrogens with two attached hydrogens (primary N) is 1. The van der Waals surface area contributed by atoms with E-state index in [0.717, 1.165) is 24.2 Å². The summed E-state index contributed by atoms with van der Waals surface area (Å²) in [6.07, 6.45) is 1.82. The topological polar surface area (TPSA) is 89.5 Å². The van der Waals surface area contributed by atoms with Crippen molar-refractivity contribution in [1.29, 1.82) is 0 Å². The van der Waals surface area contributed by atoms with Crippen molar-refractivity contribution in [2.45, 2.75) is 12.8 Å². The normalized spacial score (nSPS) is 16.8. The van der Waals surface area contributed by atoms with Crippen molar-refractivity contribution >= 4 is 22.2 Å². The molecule has 1 saturated heterocycles. The molecule has 2 heterocycles. The van der Waals surface area contributed by atoms with Gasteiger partial charge in [0, 0.05) is 19.2 Å². The number of hydrogen-bond acceptors (Lipinski definition) is 5. The fourth-order valence-corrected chi connectivity index (χ4v) is 2.86. The van der Waals surface area contributed by atoms with Gasteiger partial charge in [-0.25, -0.2) is 0 Å². The first-order valence-corrected chi connectivity index (χ1v) is 6.67. The van der Waals surface area contributed by atoms with Crippen LogP contribution in [0.4, 0.5) is 5.00 Å². The number of nitro groups is 1. The van der Waals surface area contributed by atoms with Crippen molar-refractivity contribution in [3.8, 4) is 0 Å². The van der Waals surface area contributed by atoms with E-state index >= 15 is 0 Å². The van der Waals surface area contributed by atoms with E-state index in [1.807, 2.05) is 0 Å². The summed E-state index contributed by atoms with van der Waals surface area (Å²) in [5, 5.41) is 10.6. The summed E-state index contributed by atoms with van der Waals surface area (Å²) in [5.41, 5.74) is 5.60. The van der Waals surface area contributed by atoms with Crippen molar-refractivity contribution in [3.05, 3.63) is 27.1 Å². The van der Waals surface area contributed by atoms with Crippen LogP contribution in [0.3, 0.4) is 0 Å². The molecule has 0 atom stereocenters. The zero-order valence-corrected chi connectivity index (χ0v) is 10.7. The molecule has 0 unspecified atom stereocenters. The molecule has 0 aliphatic carbocycles. The maximum atomic E-state index is 12.1. The lowest BCUT2D eigenvalue weighted by molar-refractivity contribution is -0.380. The third kappa shape index (κ3) is 2.68. The molecule has 1 fully saturated rings. The van der Waals surface area contributed by atoms with E-state index in [1.165, 1.54) is 12.1 Å². The Morgan fingerprint density at radius 3 is 2.67 bits per heavy atom. The van der Waals surface area contributed by atoms with E-state index in [-0.39, 0.29) is 10.9 Å². The number of carbonyl (C=O) groups excluding carboxylic acids is 1. The van der Waals surface area contributed by atoms with Gasteiger partial charge in [-0.05, 0) is 31.4 Å². The first-order chi connectivity index (χ1) is 8.61. The fraction of sp³-hybridized carbons (Fsp3) is 0.545. The highest BCUT2D eigenvalue weighted by atomic mass is 32.1. The Kier molecular flexibility index (Phi) is 3.93. The SMILES string of the molecule is NCC1CCN(C(=O)c2ccc([N+](=O)[O-])s2)CC1. The van der Waals surface area contributed by atoms with Crippen molar-refractivity contribution in [2.75, 3.05) is 19.6 Å². The van der Waals surface area contributed by atoms with Gasteiger partial charge in [-0.3, -0.25) is 14.9 Å². The number of carbonyl (C=O) groups is 1. The van der Waals surface area contributed by atoms with Gasteiger partial charge in [-0.15, -0.1) is 0 Å². The van der Waals surface area contributed by atoms with Crippen LogP contribution in [0.1, 0.15) is 22.5 Å². The Morgan fingerprint density at radius 1 is 1.50 bits per heavy atom. The van der Waals surface area contributed by atoms with Crippen LogP contribution in [-0.2, 0) is 0 Å². The second-order valence-corrected chi connectivity index (χ2v) is 5.43. The van der Waals surface area contributed by atoms with Gasteiger partial charge in [-0.2, -0.15) is 0 Å². The smallest absolute Gasteiger partial charge is 0.324 e. The lowest BCUT2D eigenvalue weighted by Crippen LogP contribution is -2.39. The molecule has 0 bridgehead atoms. The minimum absolute atomic E-state index is 0.00944. The molecule has 2 N–H and O–H groups in total. The maximum Gasteiger partial charge on any atom is 0.324 e. The number of piperidine rings is 1. The van der Waals surface area contributed by atoms with Gasteiger partial charge in [0.25, 0.3) is 5.91 Å². The lowest BCUT2D eigenvalue weighted by atomic mass is 9.97. The molecule has 1 amide bonds. The summed E-state index contributed by atoms with van der Waals surface area (Å²) < 4.78 is 0. The van der Waals surface area contributed by atoms with Crippen LogP contribution in [0.15, 0.2) is 12.1 Å². The highest BCUT2D eigenvalue weighted by Crippen LogP contribution is 2.26. The Morgan fingerprint density at radius 2 is 2.17 bits per heavy atom. The zero-order chi connectivity index (χ0) is 13.1. The van der Waals surface area contributed by atoms with Crippen LogP contribution < -0.4 is 5.73 Å². The van der Waals surface area contributed by atoms with Crippen LogP contribution in [0.25, 0.3) is 0 Å². The Hall–Kier alpha value is -1.47. The van der Waals surface area contributed by atoms with Gasteiger partial charge in [0.1, 0.15) is 0 Å². The Bertz CT molecular complexity index is 452. The van der Waals surface area contributed by atoms with Gasteiger partial charge in [-0.1, -0.05) is 11.3 Å². The number of hydrogen-bond donors (Lipinski definition) is 1. The molecular formula is C11H15N3O3S. The van der Waals surface area contributed by atoms with E-state index < -0.39 is 4.92 Å². The molecular weight excluding hydrogens is 254 g/mol. The number of likely N-dealkylation sites (tertiary alicyclic amines) is 1. The first kappa shape index (κ1) is 13.0. The largest absolute Gasteiger partial charge is 0.338 e. The second-order valence-electron chi connectivity index (χ2n) is 4.37. The average Bonchev–Trinajstić information content (AvgIpc) is 2.88. The second kappa shape index (κ2) is 5.45. The molecule has 0 radical (unpaired) electrons. The molecule has 98 valence electrons. The highest BCUT2D eigenvalue weighted by Gasteiger charge is 2.25. The minimum atomic E-state index is -0.470. The van der Waals surface area contributed by atoms with Crippen molar-refractivity contribution in [1.82, 2.24) is 4.90 Å². The molecule has 1 aliphatic heterocycles. The first-order valence-electron chi connectivity index (χ1n) is 5.85. The Labute approximate surface area is 109 Å². The molecule has 2 rings (SSSR count). The summed E-state index contributed by atoms with van der Waals surface area (Å²) >= 11 is 0.934. The molecule has 0 saturated carbocycles. The third-order valence-electron chi connectivity index (χ3n) is 3.22. The fourth-order valence-electron chi connectivity index (χ4n) is 2.07. The average molecular weight is 269 g/mol. The molecule has 0 spiro atoms. The quantitative estimate of drug-likeness (QED) is 0.664. The Balaban J connectivity index is 2.01. The van der Waals surface area contributed by atoms with E-state index in [0.29, 0.717) is 30.4 Å². The van der Waals surface area contributed by atoms with Crippen LogP contribution in [0.5, 0.6) is 0 Å². The van der Waals surface area contributed by atoms with Gasteiger partial charge in [0.15, 0.2) is 0 Å². The summed E-state index contributed by atoms with van der Waals surface area (Å²) in [4.78, 5) is 24.4. The summed E-state index contributed by atoms with van der Waals surface area (Å²) in [6.45, 7) is 2.03. The number of nitrogens with zero attached hydrogens (tertiary/aromatic N) is 2. The zero-order valence-electron chi connectivity index (χ0n) is 9.87. The van der Waals surface area contributed by atoms with E-state index in [1.54, 1.807) is 4.90 Å². The predicted octanol–water partition coefficient (Wildman–Crippen LogP) is 1.47. The van der Waals surface area contributed by atoms with E-state index in [9.17, 15) is 14.9 Å². The van der Waals surface area contributed by atoms with Gasteiger partial charge < -0.3 is 10.6 Å². The predicted molar refractivity (Wildman–Crippen MR) is 68.7 cm³/mol. The number of thiophene rings is 1. The monoisotopic (exact) mass is 269 g/mol. The molecule has 6 nitrogen and oxygen atoms in total. The van der Waals surface area contributed by atoms with Crippen molar-refractivity contribution in [3.63, 3.8) is 0 Å². The molecule has 0 aromatic carbocycles. The molecule has 1 aromatic heterocycles. The third-order valence-corrected chi connectivity index (χ3v) is 4.24. The van der Waals surface area contributed by atoms with Crippen LogP contribution in [-0.4, -0.2) is 35.4 Å². The van der Waals surface area contributed by atoms with Crippen LogP contribution in [0.2, 0.25) is 0 Å². The number of rotatable bonds is 3. The molecule has 1 aromatic rings. The van der Waals surface area contributed by atoms with Crippen molar-refractivity contribution < 1.29 is 9.72 Å². The van der Waals surface area contributed by atoms with Gasteiger partial charge in [0.05, 0.1) is 9.80 Å².